The Hall–Kier alpha value is -2.34. The Morgan fingerprint density at radius 1 is 1.00 bits per heavy atom. The van der Waals surface area contributed by atoms with E-state index < -0.39 is 0 Å². The summed E-state index contributed by atoms with van der Waals surface area (Å²) in [4.78, 5) is 4.57. The van der Waals surface area contributed by atoms with Gasteiger partial charge in [-0.3, -0.25) is 0 Å². The van der Waals surface area contributed by atoms with E-state index in [0.717, 1.165) is 35.9 Å². The van der Waals surface area contributed by atoms with Gasteiger partial charge in [-0.15, -0.1) is 22.7 Å². The zero-order valence-corrected chi connectivity index (χ0v) is 15.2. The molecule has 25 heavy (non-hydrogen) atoms. The van der Waals surface area contributed by atoms with Crippen molar-refractivity contribution in [3.8, 4) is 16.9 Å². The molecule has 5 rings (SSSR count). The Morgan fingerprint density at radius 3 is 2.72 bits per heavy atom. The highest BCUT2D eigenvalue weighted by molar-refractivity contribution is 7.39. The molecule has 0 fully saturated rings. The van der Waals surface area contributed by atoms with Crippen LogP contribution in [-0.4, -0.2) is 4.98 Å². The van der Waals surface area contributed by atoms with Crippen LogP contribution in [0, 0.1) is 0 Å². The first-order valence-corrected chi connectivity index (χ1v) is 9.68. The second-order valence-electron chi connectivity index (χ2n) is 5.59. The average Bonchev–Trinajstić information content (AvgIpc) is 3.27. The van der Waals surface area contributed by atoms with Crippen molar-refractivity contribution in [2.45, 2.75) is 0 Å². The highest BCUT2D eigenvalue weighted by atomic mass is 35.5. The normalized spacial score (nSPS) is 14.5. The quantitative estimate of drug-likeness (QED) is 0.430. The van der Waals surface area contributed by atoms with Gasteiger partial charge in [-0.1, -0.05) is 48.0 Å². The summed E-state index contributed by atoms with van der Waals surface area (Å²) in [6.07, 6.45) is 1.92. The van der Waals surface area contributed by atoms with Crippen LogP contribution in [0.15, 0.2) is 60.5 Å². The van der Waals surface area contributed by atoms with Crippen LogP contribution in [0.25, 0.3) is 26.7 Å². The lowest BCUT2D eigenvalue weighted by Crippen LogP contribution is -1.95. The number of hydrogen-bond acceptors (Lipinski definition) is 5. The number of aromatic nitrogens is 1. The molecule has 1 aliphatic heterocycles. The van der Waals surface area contributed by atoms with E-state index in [4.69, 9.17) is 16.3 Å². The third kappa shape index (κ3) is 2.80. The zero-order valence-electron chi connectivity index (χ0n) is 12.8. The van der Waals surface area contributed by atoms with Gasteiger partial charge in [0.15, 0.2) is 5.75 Å². The van der Waals surface area contributed by atoms with Gasteiger partial charge < -0.3 is 10.1 Å². The summed E-state index contributed by atoms with van der Waals surface area (Å²) in [6, 6.07) is 18.4. The van der Waals surface area contributed by atoms with Crippen LogP contribution in [0.3, 0.4) is 0 Å². The van der Waals surface area contributed by atoms with E-state index in [9.17, 15) is 0 Å². The monoisotopic (exact) mass is 382 g/mol. The minimum absolute atomic E-state index is 0.688. The van der Waals surface area contributed by atoms with Gasteiger partial charge in [-0.05, 0) is 29.3 Å². The molecular weight excluding hydrogens is 372 g/mol. The number of thiophene rings is 1. The minimum Gasteiger partial charge on any atom is -0.439 e. The molecule has 3 nitrogen and oxygen atoms in total. The van der Waals surface area contributed by atoms with Crippen LogP contribution < -0.4 is 10.1 Å². The van der Waals surface area contributed by atoms with E-state index in [0.29, 0.717) is 5.88 Å². The molecule has 122 valence electrons. The fourth-order valence-corrected chi connectivity index (χ4v) is 5.20. The number of fused-ring (bicyclic) bond motifs is 2. The Kier molecular flexibility index (Phi) is 3.52. The number of anilines is 1. The van der Waals surface area contributed by atoms with Gasteiger partial charge >= 0.3 is 0 Å². The van der Waals surface area contributed by atoms with E-state index in [1.54, 1.807) is 22.7 Å². The number of nitrogens with zero attached hydrogens (tertiary/aromatic N) is 1. The molecule has 0 bridgehead atoms. The maximum atomic E-state index is 6.01. The van der Waals surface area contributed by atoms with Crippen LogP contribution >= 0.6 is 34.3 Å². The van der Waals surface area contributed by atoms with Crippen molar-refractivity contribution >= 4 is 55.6 Å². The summed E-state index contributed by atoms with van der Waals surface area (Å²) < 4.78 is 7.78. The predicted molar refractivity (Wildman–Crippen MR) is 107 cm³/mol. The fraction of sp³-hybridized carbons (Fsp3) is 0. The summed E-state index contributed by atoms with van der Waals surface area (Å²) in [5, 5.41) is 4.22. The van der Waals surface area contributed by atoms with Crippen molar-refractivity contribution in [2.24, 2.45) is 0 Å². The number of thiazole rings is 1. The Morgan fingerprint density at radius 2 is 1.88 bits per heavy atom. The molecule has 0 aliphatic carbocycles. The van der Waals surface area contributed by atoms with Crippen molar-refractivity contribution in [1.82, 2.24) is 4.98 Å². The lowest BCUT2D eigenvalue weighted by Gasteiger charge is -2.03. The Labute approximate surface area is 157 Å². The third-order valence-electron chi connectivity index (χ3n) is 3.90. The lowest BCUT2D eigenvalue weighted by atomic mass is 10.1. The SMILES string of the molecule is Clc1cc2nc(/C=C3/Nc4cc(-c5ccccc5)ccc4O3)sc2s1. The number of rotatable bonds is 2. The van der Waals surface area contributed by atoms with E-state index in [2.05, 4.69) is 34.6 Å². The van der Waals surface area contributed by atoms with Crippen molar-refractivity contribution in [3.63, 3.8) is 0 Å². The molecule has 2 aromatic carbocycles. The molecule has 1 aliphatic rings. The molecule has 0 amide bonds. The summed E-state index contributed by atoms with van der Waals surface area (Å²) >= 11 is 9.17. The summed E-state index contributed by atoms with van der Waals surface area (Å²) in [5.41, 5.74) is 4.24. The number of nitrogens with one attached hydrogen (secondary N) is 1. The molecule has 0 radical (unpaired) electrons. The van der Waals surface area contributed by atoms with Crippen molar-refractivity contribution in [1.29, 1.82) is 0 Å². The first-order chi connectivity index (χ1) is 12.2. The fourth-order valence-electron chi connectivity index (χ4n) is 2.77. The molecule has 6 heteroatoms. The summed E-state index contributed by atoms with van der Waals surface area (Å²) in [7, 11) is 0. The highest BCUT2D eigenvalue weighted by Gasteiger charge is 2.18. The van der Waals surface area contributed by atoms with E-state index >= 15 is 0 Å². The number of hydrogen-bond donors (Lipinski definition) is 1. The van der Waals surface area contributed by atoms with E-state index in [-0.39, 0.29) is 0 Å². The molecule has 2 aromatic heterocycles. The van der Waals surface area contributed by atoms with Crippen molar-refractivity contribution < 1.29 is 4.74 Å². The molecule has 0 unspecified atom stereocenters. The van der Waals surface area contributed by atoms with Gasteiger partial charge in [0.25, 0.3) is 0 Å². The number of benzene rings is 2. The molecule has 3 heterocycles. The number of halogens is 1. The van der Waals surface area contributed by atoms with Gasteiger partial charge in [0.05, 0.1) is 15.5 Å². The first kappa shape index (κ1) is 15.0. The second-order valence-corrected chi connectivity index (χ2v) is 8.56. The van der Waals surface area contributed by atoms with E-state index in [1.807, 2.05) is 36.4 Å². The van der Waals surface area contributed by atoms with Gasteiger partial charge in [0, 0.05) is 6.08 Å². The predicted octanol–water partition coefficient (Wildman–Crippen LogP) is 6.48. The van der Waals surface area contributed by atoms with Crippen LogP contribution in [0.2, 0.25) is 4.34 Å². The molecule has 0 spiro atoms. The molecular formula is C19H11ClN2OS2. The van der Waals surface area contributed by atoms with Gasteiger partial charge in [0.1, 0.15) is 9.02 Å². The first-order valence-electron chi connectivity index (χ1n) is 7.66. The van der Waals surface area contributed by atoms with Gasteiger partial charge in [-0.25, -0.2) is 4.98 Å². The van der Waals surface area contributed by atoms with Gasteiger partial charge in [0.2, 0.25) is 5.88 Å². The highest BCUT2D eigenvalue weighted by Crippen LogP contribution is 2.39. The molecule has 4 aromatic rings. The summed E-state index contributed by atoms with van der Waals surface area (Å²) in [5.74, 6) is 1.51. The second kappa shape index (κ2) is 5.88. The van der Waals surface area contributed by atoms with Crippen LogP contribution in [0.1, 0.15) is 5.01 Å². The zero-order chi connectivity index (χ0) is 16.8. The van der Waals surface area contributed by atoms with Crippen LogP contribution in [0.4, 0.5) is 5.69 Å². The van der Waals surface area contributed by atoms with Crippen molar-refractivity contribution in [2.75, 3.05) is 5.32 Å². The molecule has 1 N–H and O–H groups in total. The van der Waals surface area contributed by atoms with Crippen molar-refractivity contribution in [3.05, 3.63) is 69.8 Å². The topological polar surface area (TPSA) is 34.2 Å². The molecule has 0 saturated carbocycles. The Balaban J connectivity index is 1.44. The van der Waals surface area contributed by atoms with Crippen LogP contribution in [0.5, 0.6) is 5.75 Å². The smallest absolute Gasteiger partial charge is 0.201 e. The standard InChI is InChI=1S/C19H11ClN2OS2/c20-16-9-14-19(24-16)25-18(22-14)10-17-21-13-8-12(6-7-15(13)23-17)11-4-2-1-3-5-11/h1-10,21H/b17-10-. The lowest BCUT2D eigenvalue weighted by molar-refractivity contribution is 0.462. The maximum absolute atomic E-state index is 6.01. The number of ether oxygens (including phenoxy) is 1. The van der Waals surface area contributed by atoms with Crippen LogP contribution in [-0.2, 0) is 0 Å². The molecule has 0 saturated heterocycles. The average molecular weight is 383 g/mol. The molecule has 0 atom stereocenters. The maximum Gasteiger partial charge on any atom is 0.201 e. The largest absolute Gasteiger partial charge is 0.439 e. The Bertz CT molecular complexity index is 1080. The van der Waals surface area contributed by atoms with E-state index in [1.165, 1.54) is 5.56 Å². The summed E-state index contributed by atoms with van der Waals surface area (Å²) in [6.45, 7) is 0. The van der Waals surface area contributed by atoms with Gasteiger partial charge in [-0.2, -0.15) is 0 Å². The third-order valence-corrected chi connectivity index (χ3v) is 6.26. The minimum atomic E-state index is 0.688.